The van der Waals surface area contributed by atoms with E-state index in [2.05, 4.69) is 12.2 Å². The van der Waals surface area contributed by atoms with Gasteiger partial charge in [0.25, 0.3) is 0 Å². The van der Waals surface area contributed by atoms with Gasteiger partial charge in [0.15, 0.2) is 0 Å². The lowest BCUT2D eigenvalue weighted by Crippen LogP contribution is -2.23. The van der Waals surface area contributed by atoms with E-state index in [4.69, 9.17) is 4.74 Å². The first kappa shape index (κ1) is 15.1. The molecule has 0 bridgehead atoms. The fourth-order valence-electron chi connectivity index (χ4n) is 1.59. The Balaban J connectivity index is 2.10. The van der Waals surface area contributed by atoms with Gasteiger partial charge in [-0.15, -0.1) is 0 Å². The maximum absolute atomic E-state index is 12.7. The van der Waals surface area contributed by atoms with E-state index >= 15 is 0 Å². The molecule has 1 unspecified atom stereocenters. The second kappa shape index (κ2) is 9.03. The maximum atomic E-state index is 12.7. The molecule has 0 aliphatic heterocycles. The molecule has 0 radical (unpaired) electrons. The summed E-state index contributed by atoms with van der Waals surface area (Å²) >= 11 is 0. The predicted molar refractivity (Wildman–Crippen MR) is 70.0 cm³/mol. The van der Waals surface area contributed by atoms with Crippen molar-refractivity contribution in [2.24, 2.45) is 0 Å². The zero-order valence-electron chi connectivity index (χ0n) is 10.9. The van der Waals surface area contributed by atoms with Gasteiger partial charge in [-0.3, -0.25) is 0 Å². The normalized spacial score (nSPS) is 12.6. The van der Waals surface area contributed by atoms with Crippen molar-refractivity contribution in [3.05, 3.63) is 35.6 Å². The van der Waals surface area contributed by atoms with Gasteiger partial charge in [-0.05, 0) is 37.1 Å². The van der Waals surface area contributed by atoms with Crippen molar-refractivity contribution in [2.75, 3.05) is 26.3 Å². The van der Waals surface area contributed by atoms with Gasteiger partial charge in [0.05, 0.1) is 6.10 Å². The molecule has 0 heterocycles. The lowest BCUT2D eigenvalue weighted by Gasteiger charge is -2.12. The highest BCUT2D eigenvalue weighted by atomic mass is 19.1. The lowest BCUT2D eigenvalue weighted by molar-refractivity contribution is 0.129. The van der Waals surface area contributed by atoms with E-state index < -0.39 is 6.10 Å². The quantitative estimate of drug-likeness (QED) is 0.665. The first-order chi connectivity index (χ1) is 8.74. The summed E-state index contributed by atoms with van der Waals surface area (Å²) in [6.45, 7) is 4.91. The molecule has 0 spiro atoms. The number of aliphatic hydroxyl groups is 1. The van der Waals surface area contributed by atoms with Gasteiger partial charge in [0.2, 0.25) is 0 Å². The third-order valence-corrected chi connectivity index (χ3v) is 2.58. The SMILES string of the molecule is CCCOCCCNCC(O)c1ccc(F)cc1. The third kappa shape index (κ3) is 6.10. The van der Waals surface area contributed by atoms with Crippen LogP contribution in [-0.4, -0.2) is 31.4 Å². The number of rotatable bonds is 9. The fraction of sp³-hybridized carbons (Fsp3) is 0.571. The summed E-state index contributed by atoms with van der Waals surface area (Å²) < 4.78 is 18.0. The Morgan fingerprint density at radius 2 is 2.00 bits per heavy atom. The zero-order valence-corrected chi connectivity index (χ0v) is 10.9. The van der Waals surface area contributed by atoms with Crippen LogP contribution < -0.4 is 5.32 Å². The Hall–Kier alpha value is -0.970. The van der Waals surface area contributed by atoms with Gasteiger partial charge in [-0.25, -0.2) is 4.39 Å². The topological polar surface area (TPSA) is 41.5 Å². The molecule has 0 aliphatic rings. The van der Waals surface area contributed by atoms with E-state index in [-0.39, 0.29) is 5.82 Å². The molecule has 1 aromatic rings. The highest BCUT2D eigenvalue weighted by Crippen LogP contribution is 2.12. The second-order valence-corrected chi connectivity index (χ2v) is 4.24. The molecule has 3 nitrogen and oxygen atoms in total. The number of aliphatic hydroxyl groups excluding tert-OH is 1. The van der Waals surface area contributed by atoms with Crippen LogP contribution in [0.15, 0.2) is 24.3 Å². The number of hydrogen-bond donors (Lipinski definition) is 2. The Labute approximate surface area is 108 Å². The fourth-order valence-corrected chi connectivity index (χ4v) is 1.59. The minimum absolute atomic E-state index is 0.285. The van der Waals surface area contributed by atoms with Gasteiger partial charge < -0.3 is 15.2 Å². The van der Waals surface area contributed by atoms with E-state index in [9.17, 15) is 9.50 Å². The van der Waals surface area contributed by atoms with Crippen molar-refractivity contribution >= 4 is 0 Å². The van der Waals surface area contributed by atoms with Crippen LogP contribution in [0.2, 0.25) is 0 Å². The zero-order chi connectivity index (χ0) is 13.2. The van der Waals surface area contributed by atoms with Crippen molar-refractivity contribution in [3.8, 4) is 0 Å². The summed E-state index contributed by atoms with van der Waals surface area (Å²) in [7, 11) is 0. The van der Waals surface area contributed by atoms with Crippen molar-refractivity contribution in [1.29, 1.82) is 0 Å². The van der Waals surface area contributed by atoms with Crippen LogP contribution in [0.3, 0.4) is 0 Å². The summed E-state index contributed by atoms with van der Waals surface area (Å²) in [5.74, 6) is -0.285. The minimum atomic E-state index is -0.595. The van der Waals surface area contributed by atoms with Gasteiger partial charge >= 0.3 is 0 Å². The summed E-state index contributed by atoms with van der Waals surface area (Å²) in [6.07, 6.45) is 1.37. The number of nitrogens with one attached hydrogen (secondary N) is 1. The van der Waals surface area contributed by atoms with E-state index in [1.807, 2.05) is 0 Å². The van der Waals surface area contributed by atoms with Gasteiger partial charge in [0.1, 0.15) is 5.82 Å². The smallest absolute Gasteiger partial charge is 0.123 e. The van der Waals surface area contributed by atoms with Crippen LogP contribution in [0.4, 0.5) is 4.39 Å². The van der Waals surface area contributed by atoms with Crippen molar-refractivity contribution in [2.45, 2.75) is 25.9 Å². The first-order valence-corrected chi connectivity index (χ1v) is 6.46. The molecule has 2 N–H and O–H groups in total. The molecule has 4 heteroatoms. The van der Waals surface area contributed by atoms with Crippen molar-refractivity contribution in [3.63, 3.8) is 0 Å². The molecule has 1 atom stereocenters. The standard InChI is InChI=1S/C14H22FNO2/c1-2-9-18-10-3-8-16-11-14(17)12-4-6-13(15)7-5-12/h4-7,14,16-17H,2-3,8-11H2,1H3. The van der Waals surface area contributed by atoms with Crippen LogP contribution >= 0.6 is 0 Å². The summed E-state index contributed by atoms with van der Waals surface area (Å²) in [5, 5.41) is 13.0. The molecule has 18 heavy (non-hydrogen) atoms. The highest BCUT2D eigenvalue weighted by molar-refractivity contribution is 5.18. The number of halogens is 1. The Kier molecular flexibility index (Phi) is 7.57. The van der Waals surface area contributed by atoms with Crippen LogP contribution in [-0.2, 0) is 4.74 Å². The lowest BCUT2D eigenvalue weighted by atomic mass is 10.1. The van der Waals surface area contributed by atoms with Crippen LogP contribution in [0.5, 0.6) is 0 Å². The van der Waals surface area contributed by atoms with E-state index in [1.165, 1.54) is 12.1 Å². The van der Waals surface area contributed by atoms with Crippen molar-refractivity contribution in [1.82, 2.24) is 5.32 Å². The average molecular weight is 255 g/mol. The molecule has 102 valence electrons. The molecule has 1 aromatic carbocycles. The largest absolute Gasteiger partial charge is 0.387 e. The summed E-state index contributed by atoms with van der Waals surface area (Å²) in [5.41, 5.74) is 0.728. The molecule has 0 aromatic heterocycles. The second-order valence-electron chi connectivity index (χ2n) is 4.24. The predicted octanol–water partition coefficient (Wildman–Crippen LogP) is 2.27. The van der Waals surface area contributed by atoms with Crippen LogP contribution in [0.1, 0.15) is 31.4 Å². The summed E-state index contributed by atoms with van der Waals surface area (Å²) in [4.78, 5) is 0. The Morgan fingerprint density at radius 3 is 2.67 bits per heavy atom. The molecule has 0 aliphatic carbocycles. The Bertz CT molecular complexity index is 316. The average Bonchev–Trinajstić information content (AvgIpc) is 2.38. The van der Waals surface area contributed by atoms with Crippen LogP contribution in [0.25, 0.3) is 0 Å². The highest BCUT2D eigenvalue weighted by Gasteiger charge is 2.06. The van der Waals surface area contributed by atoms with Crippen molar-refractivity contribution < 1.29 is 14.2 Å². The first-order valence-electron chi connectivity index (χ1n) is 6.46. The monoisotopic (exact) mass is 255 g/mol. The van der Waals surface area contributed by atoms with Gasteiger partial charge in [-0.2, -0.15) is 0 Å². The number of ether oxygens (including phenoxy) is 1. The molecule has 0 fully saturated rings. The third-order valence-electron chi connectivity index (χ3n) is 2.58. The number of hydrogen-bond acceptors (Lipinski definition) is 3. The molecular weight excluding hydrogens is 233 g/mol. The summed E-state index contributed by atoms with van der Waals surface area (Å²) in [6, 6.07) is 5.92. The number of benzene rings is 1. The molecular formula is C14H22FNO2. The van der Waals surface area contributed by atoms with E-state index in [0.717, 1.165) is 38.2 Å². The minimum Gasteiger partial charge on any atom is -0.387 e. The Morgan fingerprint density at radius 1 is 1.28 bits per heavy atom. The van der Waals surface area contributed by atoms with E-state index in [1.54, 1.807) is 12.1 Å². The molecule has 0 amide bonds. The molecule has 0 saturated carbocycles. The van der Waals surface area contributed by atoms with Gasteiger partial charge in [-0.1, -0.05) is 19.1 Å². The maximum Gasteiger partial charge on any atom is 0.123 e. The van der Waals surface area contributed by atoms with E-state index in [0.29, 0.717) is 6.54 Å². The molecule has 0 saturated heterocycles. The molecule has 1 rings (SSSR count). The van der Waals surface area contributed by atoms with Gasteiger partial charge in [0, 0.05) is 19.8 Å². The van der Waals surface area contributed by atoms with Crippen LogP contribution in [0, 0.1) is 5.82 Å².